The first kappa shape index (κ1) is 9.21. The summed E-state index contributed by atoms with van der Waals surface area (Å²) >= 11 is 0. The van der Waals surface area contributed by atoms with Gasteiger partial charge in [-0.1, -0.05) is 0 Å². The molecule has 0 spiro atoms. The summed E-state index contributed by atoms with van der Waals surface area (Å²) in [5.74, 6) is -0.0244. The lowest BCUT2D eigenvalue weighted by Gasteiger charge is -2.08. The number of nitrogens with zero attached hydrogens (tertiary/aromatic N) is 1. The van der Waals surface area contributed by atoms with E-state index < -0.39 is 0 Å². The molecular weight excluding hydrogens is 182 g/mol. The maximum atomic E-state index is 11.5. The number of hydrogen-bond acceptors (Lipinski definition) is 3. The molecule has 0 radical (unpaired) electrons. The first-order chi connectivity index (χ1) is 6.86. The maximum absolute atomic E-state index is 11.5. The summed E-state index contributed by atoms with van der Waals surface area (Å²) in [4.78, 5) is 11.5. The number of carbonyl (C=O) groups excluding carboxylic acids is 1. The molecule has 1 fully saturated rings. The number of H-pyrrole nitrogens is 1. The van der Waals surface area contributed by atoms with Gasteiger partial charge in [0.15, 0.2) is 0 Å². The average Bonchev–Trinajstić information content (AvgIpc) is 2.87. The second-order valence-electron chi connectivity index (χ2n) is 3.33. The van der Waals surface area contributed by atoms with Crippen LogP contribution in [0.25, 0.3) is 0 Å². The van der Waals surface area contributed by atoms with Crippen LogP contribution >= 0.6 is 0 Å². The van der Waals surface area contributed by atoms with Crippen molar-refractivity contribution in [1.82, 2.24) is 15.5 Å². The van der Waals surface area contributed by atoms with Crippen molar-refractivity contribution in [2.45, 2.75) is 25.5 Å². The highest BCUT2D eigenvalue weighted by Gasteiger charge is 2.22. The quantitative estimate of drug-likeness (QED) is 0.724. The van der Waals surface area contributed by atoms with Crippen LogP contribution in [0.4, 0.5) is 0 Å². The number of nitrogens with one attached hydrogen (secondary N) is 2. The summed E-state index contributed by atoms with van der Waals surface area (Å²) in [7, 11) is 0. The largest absolute Gasteiger partial charge is 0.368 e. The molecule has 5 heteroatoms. The van der Waals surface area contributed by atoms with Crippen molar-refractivity contribution >= 4 is 5.91 Å². The van der Waals surface area contributed by atoms with Crippen LogP contribution < -0.4 is 5.32 Å². The Kier molecular flexibility index (Phi) is 2.78. The standard InChI is InChI=1S/C9H13N3O2/c13-9(8-2-1-3-14-8)10-4-7-5-11-12-6-7/h5-6,8H,1-4H2,(H,10,13)(H,11,12). The molecule has 1 aromatic heterocycles. The molecule has 0 saturated carbocycles. The summed E-state index contributed by atoms with van der Waals surface area (Å²) in [6, 6.07) is 0. The minimum absolute atomic E-state index is 0.0244. The van der Waals surface area contributed by atoms with Gasteiger partial charge < -0.3 is 10.1 Å². The lowest BCUT2D eigenvalue weighted by atomic mass is 10.2. The Bertz CT molecular complexity index is 291. The van der Waals surface area contributed by atoms with Crippen LogP contribution in [-0.2, 0) is 16.1 Å². The Labute approximate surface area is 81.8 Å². The molecule has 1 aromatic rings. The van der Waals surface area contributed by atoms with Crippen molar-refractivity contribution in [3.63, 3.8) is 0 Å². The molecule has 2 rings (SSSR count). The minimum Gasteiger partial charge on any atom is -0.368 e. The van der Waals surface area contributed by atoms with Gasteiger partial charge in [0.25, 0.3) is 0 Å². The minimum atomic E-state index is -0.248. The van der Waals surface area contributed by atoms with E-state index in [9.17, 15) is 4.79 Å². The van der Waals surface area contributed by atoms with Gasteiger partial charge >= 0.3 is 0 Å². The molecule has 2 heterocycles. The van der Waals surface area contributed by atoms with Crippen molar-refractivity contribution in [2.75, 3.05) is 6.61 Å². The highest BCUT2D eigenvalue weighted by Crippen LogP contribution is 2.11. The van der Waals surface area contributed by atoms with Crippen LogP contribution in [0.2, 0.25) is 0 Å². The summed E-state index contributed by atoms with van der Waals surface area (Å²) in [6.07, 6.45) is 5.01. The molecule has 1 saturated heterocycles. The highest BCUT2D eigenvalue weighted by atomic mass is 16.5. The molecular formula is C9H13N3O2. The Morgan fingerprint density at radius 3 is 3.36 bits per heavy atom. The molecule has 0 aliphatic carbocycles. The second-order valence-corrected chi connectivity index (χ2v) is 3.33. The van der Waals surface area contributed by atoms with Gasteiger partial charge in [0.05, 0.1) is 6.20 Å². The Hall–Kier alpha value is -1.36. The van der Waals surface area contributed by atoms with E-state index in [2.05, 4.69) is 15.5 Å². The first-order valence-corrected chi connectivity index (χ1v) is 4.73. The predicted molar refractivity (Wildman–Crippen MR) is 49.4 cm³/mol. The van der Waals surface area contributed by atoms with Crippen LogP contribution in [0.1, 0.15) is 18.4 Å². The summed E-state index contributed by atoms with van der Waals surface area (Å²) in [6.45, 7) is 1.21. The molecule has 1 atom stereocenters. The molecule has 14 heavy (non-hydrogen) atoms. The number of rotatable bonds is 3. The third kappa shape index (κ3) is 2.11. The number of hydrogen-bond donors (Lipinski definition) is 2. The van der Waals surface area contributed by atoms with Crippen molar-refractivity contribution in [3.8, 4) is 0 Å². The van der Waals surface area contributed by atoms with E-state index in [0.717, 1.165) is 18.4 Å². The van der Waals surface area contributed by atoms with Gasteiger partial charge in [0, 0.05) is 24.9 Å². The van der Waals surface area contributed by atoms with E-state index in [0.29, 0.717) is 13.2 Å². The Morgan fingerprint density at radius 2 is 2.71 bits per heavy atom. The number of aromatic nitrogens is 2. The smallest absolute Gasteiger partial charge is 0.249 e. The van der Waals surface area contributed by atoms with Gasteiger partial charge in [0.2, 0.25) is 5.91 Å². The van der Waals surface area contributed by atoms with Crippen LogP contribution in [0, 0.1) is 0 Å². The molecule has 0 bridgehead atoms. The topological polar surface area (TPSA) is 67.0 Å². The number of amides is 1. The van der Waals surface area contributed by atoms with Gasteiger partial charge in [-0.3, -0.25) is 9.89 Å². The molecule has 1 unspecified atom stereocenters. The number of ether oxygens (including phenoxy) is 1. The summed E-state index contributed by atoms with van der Waals surface area (Å²) in [5.41, 5.74) is 0.969. The van der Waals surface area contributed by atoms with E-state index >= 15 is 0 Å². The van der Waals surface area contributed by atoms with Crippen molar-refractivity contribution in [3.05, 3.63) is 18.0 Å². The number of aromatic amines is 1. The molecule has 2 N–H and O–H groups in total. The van der Waals surface area contributed by atoms with Crippen molar-refractivity contribution < 1.29 is 9.53 Å². The highest BCUT2D eigenvalue weighted by molar-refractivity contribution is 5.80. The van der Waals surface area contributed by atoms with Crippen LogP contribution in [0.15, 0.2) is 12.4 Å². The van der Waals surface area contributed by atoms with E-state index in [4.69, 9.17) is 4.74 Å². The molecule has 0 aromatic carbocycles. The molecule has 5 nitrogen and oxygen atoms in total. The van der Waals surface area contributed by atoms with Crippen LogP contribution in [0.5, 0.6) is 0 Å². The fraction of sp³-hybridized carbons (Fsp3) is 0.556. The van der Waals surface area contributed by atoms with E-state index in [1.807, 2.05) is 0 Å². The summed E-state index contributed by atoms with van der Waals surface area (Å²) < 4.78 is 5.25. The van der Waals surface area contributed by atoms with E-state index in [1.165, 1.54) is 0 Å². The Morgan fingerprint density at radius 1 is 1.79 bits per heavy atom. The zero-order valence-electron chi connectivity index (χ0n) is 7.82. The van der Waals surface area contributed by atoms with Crippen LogP contribution in [0.3, 0.4) is 0 Å². The molecule has 1 aliphatic rings. The molecule has 1 aliphatic heterocycles. The summed E-state index contributed by atoms with van der Waals surface area (Å²) in [5, 5.41) is 9.28. The monoisotopic (exact) mass is 195 g/mol. The molecule has 1 amide bonds. The predicted octanol–water partition coefficient (Wildman–Crippen LogP) is 0.205. The third-order valence-electron chi connectivity index (χ3n) is 2.24. The van der Waals surface area contributed by atoms with Crippen molar-refractivity contribution in [2.24, 2.45) is 0 Å². The average molecular weight is 195 g/mol. The lowest BCUT2D eigenvalue weighted by Crippen LogP contribution is -2.33. The van der Waals surface area contributed by atoms with Gasteiger partial charge in [-0.2, -0.15) is 5.10 Å². The zero-order chi connectivity index (χ0) is 9.80. The molecule has 76 valence electrons. The lowest BCUT2D eigenvalue weighted by molar-refractivity contribution is -0.130. The van der Waals surface area contributed by atoms with Gasteiger partial charge in [-0.05, 0) is 12.8 Å². The van der Waals surface area contributed by atoms with E-state index in [-0.39, 0.29) is 12.0 Å². The number of carbonyl (C=O) groups is 1. The second kappa shape index (κ2) is 4.23. The SMILES string of the molecule is O=C(NCc1cn[nH]c1)C1CCCO1. The Balaban J connectivity index is 1.77. The fourth-order valence-corrected chi connectivity index (χ4v) is 1.46. The first-order valence-electron chi connectivity index (χ1n) is 4.73. The zero-order valence-corrected chi connectivity index (χ0v) is 7.82. The van der Waals surface area contributed by atoms with Crippen LogP contribution in [-0.4, -0.2) is 28.8 Å². The van der Waals surface area contributed by atoms with E-state index in [1.54, 1.807) is 12.4 Å². The fourth-order valence-electron chi connectivity index (χ4n) is 1.46. The third-order valence-corrected chi connectivity index (χ3v) is 2.24. The van der Waals surface area contributed by atoms with Gasteiger partial charge in [0.1, 0.15) is 6.10 Å². The van der Waals surface area contributed by atoms with Crippen molar-refractivity contribution in [1.29, 1.82) is 0 Å². The van der Waals surface area contributed by atoms with Gasteiger partial charge in [-0.15, -0.1) is 0 Å². The maximum Gasteiger partial charge on any atom is 0.249 e. The van der Waals surface area contributed by atoms with Gasteiger partial charge in [-0.25, -0.2) is 0 Å². The normalized spacial score (nSPS) is 21.0.